The first-order chi connectivity index (χ1) is 12.6. The molecular formula is C17H22O10. The quantitative estimate of drug-likeness (QED) is 0.350. The van der Waals surface area contributed by atoms with E-state index < -0.39 is 73.3 Å². The number of ether oxygens (including phenoxy) is 3. The highest BCUT2D eigenvalue weighted by atomic mass is 16.7. The maximum Gasteiger partial charge on any atom is 0.303 e. The summed E-state index contributed by atoms with van der Waals surface area (Å²) in [7, 11) is 0. The zero-order valence-corrected chi connectivity index (χ0v) is 14.7. The van der Waals surface area contributed by atoms with Crippen LogP contribution < -0.4 is 0 Å². The molecule has 0 saturated carbocycles. The highest BCUT2D eigenvalue weighted by Crippen LogP contribution is 2.42. The van der Waals surface area contributed by atoms with E-state index in [4.69, 9.17) is 20.6 Å². The average molecular weight is 386 g/mol. The van der Waals surface area contributed by atoms with E-state index in [0.717, 1.165) is 6.92 Å². The monoisotopic (exact) mass is 386 g/mol. The van der Waals surface area contributed by atoms with Crippen LogP contribution in [0.3, 0.4) is 0 Å². The molecule has 3 N–H and O–H groups in total. The summed E-state index contributed by atoms with van der Waals surface area (Å²) in [5.74, 6) is -4.82. The molecule has 150 valence electrons. The Bertz CT molecular complexity index is 607. The second-order valence-corrected chi connectivity index (χ2v) is 6.15. The summed E-state index contributed by atoms with van der Waals surface area (Å²) in [6.45, 7) is 0.618. The molecule has 27 heavy (non-hydrogen) atoms. The summed E-state index contributed by atoms with van der Waals surface area (Å²) in [6.07, 6.45) is 1.51. The first-order valence-corrected chi connectivity index (χ1v) is 8.15. The van der Waals surface area contributed by atoms with Crippen LogP contribution in [0.1, 0.15) is 26.2 Å². The molecule has 0 radical (unpaired) electrons. The second-order valence-electron chi connectivity index (χ2n) is 6.15. The molecule has 0 bridgehead atoms. The summed E-state index contributed by atoms with van der Waals surface area (Å²) >= 11 is 0. The van der Waals surface area contributed by atoms with E-state index in [1.165, 1.54) is 0 Å². The van der Waals surface area contributed by atoms with E-state index in [0.29, 0.717) is 0 Å². The van der Waals surface area contributed by atoms with Crippen molar-refractivity contribution in [2.45, 2.75) is 38.6 Å². The van der Waals surface area contributed by atoms with Crippen LogP contribution in [-0.2, 0) is 33.4 Å². The number of hydrogen-bond donors (Lipinski definition) is 3. The van der Waals surface area contributed by atoms with Gasteiger partial charge in [0.1, 0.15) is 13.2 Å². The van der Waals surface area contributed by atoms with Crippen LogP contribution in [-0.4, -0.2) is 64.8 Å². The zero-order valence-electron chi connectivity index (χ0n) is 14.7. The smallest absolute Gasteiger partial charge is 0.303 e. The van der Waals surface area contributed by atoms with Crippen molar-refractivity contribution in [2.75, 3.05) is 13.2 Å². The molecule has 1 fully saturated rings. The van der Waals surface area contributed by atoms with Gasteiger partial charge in [0.15, 0.2) is 6.29 Å². The van der Waals surface area contributed by atoms with Crippen LogP contribution in [0, 0.1) is 30.1 Å². The van der Waals surface area contributed by atoms with Gasteiger partial charge < -0.3 is 29.5 Å². The fourth-order valence-corrected chi connectivity index (χ4v) is 3.26. The number of carbonyl (C=O) groups excluding carboxylic acids is 1. The Hall–Kier alpha value is -2.64. The molecule has 1 rings (SSSR count). The highest BCUT2D eigenvalue weighted by Gasteiger charge is 2.48. The minimum atomic E-state index is -1.23. The van der Waals surface area contributed by atoms with Gasteiger partial charge in [0.25, 0.3) is 0 Å². The molecule has 0 unspecified atom stereocenters. The summed E-state index contributed by atoms with van der Waals surface area (Å²) in [5, 5.41) is 27.6. The average Bonchev–Trinajstić information content (AvgIpc) is 2.54. The Balaban J connectivity index is 3.25. The molecule has 1 aliphatic rings. The van der Waals surface area contributed by atoms with Crippen LogP contribution >= 0.6 is 0 Å². The fraction of sp³-hybridized carbons (Fsp3) is 0.647. The largest absolute Gasteiger partial charge is 0.481 e. The molecule has 0 spiro atoms. The summed E-state index contributed by atoms with van der Waals surface area (Å²) in [6, 6.07) is 0. The molecule has 0 aromatic rings. The number of carbonyl (C=O) groups is 4. The van der Waals surface area contributed by atoms with Crippen molar-refractivity contribution in [1.82, 2.24) is 0 Å². The minimum Gasteiger partial charge on any atom is -0.481 e. The maximum atomic E-state index is 11.3. The molecule has 0 aliphatic carbocycles. The van der Waals surface area contributed by atoms with Gasteiger partial charge in [-0.15, -0.1) is 6.42 Å². The van der Waals surface area contributed by atoms with Gasteiger partial charge in [0, 0.05) is 25.2 Å². The SMILES string of the molecule is C#CCO[C@@H]1O[C@@H](COC(C)=O)[C@H](CC(=O)O)[C@H](CC(=O)O)[C@H]1CC(=O)O. The van der Waals surface area contributed by atoms with Crippen LogP contribution in [0.5, 0.6) is 0 Å². The number of esters is 1. The summed E-state index contributed by atoms with van der Waals surface area (Å²) in [5.41, 5.74) is 0. The van der Waals surface area contributed by atoms with Gasteiger partial charge in [-0.25, -0.2) is 0 Å². The van der Waals surface area contributed by atoms with E-state index in [9.17, 15) is 34.5 Å². The fourth-order valence-electron chi connectivity index (χ4n) is 3.26. The van der Waals surface area contributed by atoms with Gasteiger partial charge >= 0.3 is 23.9 Å². The molecule has 1 aliphatic heterocycles. The number of carboxylic acid groups (broad SMARTS) is 3. The molecule has 10 heteroatoms. The topological polar surface area (TPSA) is 157 Å². The zero-order chi connectivity index (χ0) is 20.6. The standard InChI is InChI=1S/C17H22O10/c1-3-4-25-17-12(7-16(23)24)10(5-14(19)20)11(6-15(21)22)13(27-17)8-26-9(2)18/h1,10-13,17H,4-8H2,2H3,(H,19,20)(H,21,22)(H,23,24)/t10-,11+,12+,13-,17+/m0/s1. The minimum absolute atomic E-state index is 0.218. The lowest BCUT2D eigenvalue weighted by atomic mass is 9.71. The maximum absolute atomic E-state index is 11.3. The Morgan fingerprint density at radius 2 is 1.48 bits per heavy atom. The van der Waals surface area contributed by atoms with Crippen LogP contribution in [0.15, 0.2) is 0 Å². The van der Waals surface area contributed by atoms with Crippen molar-refractivity contribution in [2.24, 2.45) is 17.8 Å². The van der Waals surface area contributed by atoms with Gasteiger partial charge in [-0.2, -0.15) is 0 Å². The Morgan fingerprint density at radius 3 is 1.96 bits per heavy atom. The van der Waals surface area contributed by atoms with E-state index in [2.05, 4.69) is 5.92 Å². The number of carboxylic acids is 3. The third-order valence-corrected chi connectivity index (χ3v) is 4.25. The Kier molecular flexibility index (Phi) is 8.71. The Morgan fingerprint density at radius 1 is 0.963 bits per heavy atom. The van der Waals surface area contributed by atoms with Crippen molar-refractivity contribution >= 4 is 23.9 Å². The van der Waals surface area contributed by atoms with E-state index in [1.54, 1.807) is 0 Å². The number of rotatable bonds is 10. The third-order valence-electron chi connectivity index (χ3n) is 4.25. The molecule has 1 saturated heterocycles. The predicted octanol–water partition coefficient (Wildman–Crippen LogP) is 0.197. The molecule has 0 amide bonds. The van der Waals surface area contributed by atoms with Crippen molar-refractivity contribution in [3.8, 4) is 12.3 Å². The van der Waals surface area contributed by atoms with Gasteiger partial charge in [0.2, 0.25) is 0 Å². The Labute approximate surface area is 155 Å². The van der Waals surface area contributed by atoms with Gasteiger partial charge in [-0.05, 0) is 5.92 Å². The normalized spacial score (nSPS) is 27.3. The van der Waals surface area contributed by atoms with Crippen LogP contribution in [0.2, 0.25) is 0 Å². The van der Waals surface area contributed by atoms with Crippen LogP contribution in [0.4, 0.5) is 0 Å². The first-order valence-electron chi connectivity index (χ1n) is 8.15. The number of hydrogen-bond acceptors (Lipinski definition) is 7. The summed E-state index contributed by atoms with van der Waals surface area (Å²) < 4.78 is 15.9. The molecule has 1 heterocycles. The third kappa shape index (κ3) is 7.24. The lowest BCUT2D eigenvalue weighted by Crippen LogP contribution is -2.52. The second kappa shape index (κ2) is 10.5. The van der Waals surface area contributed by atoms with Crippen molar-refractivity contribution < 1.29 is 48.7 Å². The highest BCUT2D eigenvalue weighted by molar-refractivity contribution is 5.70. The van der Waals surface area contributed by atoms with E-state index in [1.807, 2.05) is 0 Å². The van der Waals surface area contributed by atoms with Gasteiger partial charge in [-0.3, -0.25) is 19.2 Å². The number of aliphatic carboxylic acids is 3. The van der Waals surface area contributed by atoms with E-state index in [-0.39, 0.29) is 13.2 Å². The molecule has 5 atom stereocenters. The summed E-state index contributed by atoms with van der Waals surface area (Å²) in [4.78, 5) is 45.0. The van der Waals surface area contributed by atoms with Gasteiger partial charge in [-0.1, -0.05) is 5.92 Å². The molecule has 0 aromatic heterocycles. The van der Waals surface area contributed by atoms with Crippen LogP contribution in [0.25, 0.3) is 0 Å². The molecule has 0 aromatic carbocycles. The molecule has 10 nitrogen and oxygen atoms in total. The lowest BCUT2D eigenvalue weighted by molar-refractivity contribution is -0.262. The first kappa shape index (κ1) is 22.4. The molecular weight excluding hydrogens is 364 g/mol. The van der Waals surface area contributed by atoms with Crippen molar-refractivity contribution in [3.05, 3.63) is 0 Å². The van der Waals surface area contributed by atoms with Crippen molar-refractivity contribution in [3.63, 3.8) is 0 Å². The predicted molar refractivity (Wildman–Crippen MR) is 87.3 cm³/mol. The van der Waals surface area contributed by atoms with Gasteiger partial charge in [0.05, 0.1) is 18.9 Å². The van der Waals surface area contributed by atoms with E-state index >= 15 is 0 Å². The number of terminal acetylenes is 1. The lowest BCUT2D eigenvalue weighted by Gasteiger charge is -2.45. The van der Waals surface area contributed by atoms with Crippen molar-refractivity contribution in [1.29, 1.82) is 0 Å².